The average Bonchev–Trinajstić information content (AvgIpc) is 3.02. The Labute approximate surface area is 275 Å². The first-order chi connectivity index (χ1) is 21.5. The van der Waals surface area contributed by atoms with Crippen LogP contribution in [0.2, 0.25) is 10.0 Å². The van der Waals surface area contributed by atoms with Crippen molar-refractivity contribution in [1.82, 2.24) is 10.2 Å². The van der Waals surface area contributed by atoms with E-state index < -0.39 is 28.5 Å². The Morgan fingerprint density at radius 2 is 1.53 bits per heavy atom. The molecule has 0 aliphatic carbocycles. The highest BCUT2D eigenvalue weighted by Gasteiger charge is 2.35. The summed E-state index contributed by atoms with van der Waals surface area (Å²) in [5.74, 6) is -0.921. The third kappa shape index (κ3) is 8.87. The maximum absolute atomic E-state index is 14.5. The number of sulfonamides is 1. The van der Waals surface area contributed by atoms with Crippen molar-refractivity contribution in [1.29, 1.82) is 0 Å². The lowest BCUT2D eigenvalue weighted by Gasteiger charge is -2.34. The van der Waals surface area contributed by atoms with Gasteiger partial charge in [-0.3, -0.25) is 13.9 Å². The molecule has 0 saturated carbocycles. The molecule has 4 aromatic rings. The monoisotopic (exact) mass is 665 g/mol. The molecule has 0 unspecified atom stereocenters. The van der Waals surface area contributed by atoms with Crippen molar-refractivity contribution in [3.63, 3.8) is 0 Å². The molecule has 0 saturated heterocycles. The van der Waals surface area contributed by atoms with Gasteiger partial charge in [-0.2, -0.15) is 0 Å². The predicted octanol–water partition coefficient (Wildman–Crippen LogP) is 7.05. The highest BCUT2D eigenvalue weighted by atomic mass is 35.5. The third-order valence-corrected chi connectivity index (χ3v) is 9.95. The van der Waals surface area contributed by atoms with Crippen LogP contribution in [-0.2, 0) is 32.6 Å². The maximum atomic E-state index is 14.5. The summed E-state index contributed by atoms with van der Waals surface area (Å²) in [5.41, 5.74) is 2.58. The van der Waals surface area contributed by atoms with Crippen molar-refractivity contribution in [3.8, 4) is 0 Å². The largest absolute Gasteiger partial charge is 0.352 e. The molecule has 0 heterocycles. The number of rotatable bonds is 13. The van der Waals surface area contributed by atoms with E-state index in [0.29, 0.717) is 22.0 Å². The Morgan fingerprint density at radius 1 is 0.867 bits per heavy atom. The highest BCUT2D eigenvalue weighted by molar-refractivity contribution is 7.92. The summed E-state index contributed by atoms with van der Waals surface area (Å²) >= 11 is 12.8. The van der Waals surface area contributed by atoms with E-state index in [1.165, 1.54) is 23.1 Å². The topological polar surface area (TPSA) is 86.8 Å². The zero-order chi connectivity index (χ0) is 32.6. The number of benzene rings is 4. The van der Waals surface area contributed by atoms with Gasteiger partial charge >= 0.3 is 0 Å². The minimum absolute atomic E-state index is 0.0160. The summed E-state index contributed by atoms with van der Waals surface area (Å²) in [7, 11) is -4.22. The summed E-state index contributed by atoms with van der Waals surface area (Å²) in [5, 5.41) is 3.76. The minimum Gasteiger partial charge on any atom is -0.352 e. The summed E-state index contributed by atoms with van der Waals surface area (Å²) in [6.45, 7) is 5.12. The second-order valence-electron chi connectivity index (χ2n) is 10.9. The van der Waals surface area contributed by atoms with Gasteiger partial charge in [0, 0.05) is 29.1 Å². The van der Waals surface area contributed by atoms with Crippen molar-refractivity contribution in [3.05, 3.63) is 130 Å². The number of hydrogen-bond donors (Lipinski definition) is 1. The molecule has 0 bridgehead atoms. The number of anilines is 1. The van der Waals surface area contributed by atoms with Crippen LogP contribution in [0.5, 0.6) is 0 Å². The van der Waals surface area contributed by atoms with E-state index in [0.717, 1.165) is 15.4 Å². The molecular formula is C35H37Cl2N3O4S. The second kappa shape index (κ2) is 15.4. The molecule has 0 aliphatic heterocycles. The van der Waals surface area contributed by atoms with Crippen LogP contribution in [0.4, 0.5) is 5.69 Å². The molecule has 4 rings (SSSR count). The highest BCUT2D eigenvalue weighted by Crippen LogP contribution is 2.28. The SMILES string of the molecule is CC[C@H](C)NC(=O)[C@@H](Cc1ccccc1)N(Cc1ccccc1Cl)C(=O)CN(c1cccc(Cl)c1)S(=O)(=O)c1ccc(C)cc1. The van der Waals surface area contributed by atoms with Gasteiger partial charge in [0.05, 0.1) is 10.6 Å². The number of nitrogens with one attached hydrogen (secondary N) is 1. The molecule has 0 aromatic heterocycles. The number of carbonyl (C=O) groups is 2. The van der Waals surface area contributed by atoms with Crippen molar-refractivity contribution in [2.45, 2.75) is 57.1 Å². The Kier molecular flexibility index (Phi) is 11.7. The van der Waals surface area contributed by atoms with Gasteiger partial charge in [0.25, 0.3) is 10.0 Å². The number of hydrogen-bond acceptors (Lipinski definition) is 4. The number of halogens is 2. The fraction of sp³-hybridized carbons (Fsp3) is 0.257. The maximum Gasteiger partial charge on any atom is 0.264 e. The molecule has 0 radical (unpaired) electrons. The van der Waals surface area contributed by atoms with Crippen LogP contribution in [0, 0.1) is 6.92 Å². The molecule has 236 valence electrons. The normalized spacial score (nSPS) is 12.6. The summed E-state index contributed by atoms with van der Waals surface area (Å²) in [4.78, 5) is 29.9. The van der Waals surface area contributed by atoms with Gasteiger partial charge in [-0.25, -0.2) is 8.42 Å². The standard InChI is InChI=1S/C35H37Cl2N3O4S/c1-4-26(3)38-35(42)33(21-27-11-6-5-7-12-27)39(23-28-13-8-9-16-32(28)37)34(41)24-40(30-15-10-14-29(36)22-30)45(43,44)31-19-17-25(2)18-20-31/h5-20,22,26,33H,4,21,23-24H2,1-3H3,(H,38,42)/t26-,33+/m0/s1. The molecule has 1 N–H and O–H groups in total. The third-order valence-electron chi connectivity index (χ3n) is 7.55. The Hall–Kier alpha value is -3.85. The Morgan fingerprint density at radius 3 is 2.18 bits per heavy atom. The van der Waals surface area contributed by atoms with Crippen LogP contribution in [0.15, 0.2) is 108 Å². The van der Waals surface area contributed by atoms with Crippen molar-refractivity contribution >= 4 is 50.7 Å². The van der Waals surface area contributed by atoms with Crippen LogP contribution >= 0.6 is 23.2 Å². The van der Waals surface area contributed by atoms with E-state index in [4.69, 9.17) is 23.2 Å². The molecule has 0 spiro atoms. The molecule has 10 heteroatoms. The molecule has 4 aromatic carbocycles. The van der Waals surface area contributed by atoms with E-state index in [9.17, 15) is 18.0 Å². The van der Waals surface area contributed by atoms with Gasteiger partial charge in [0.1, 0.15) is 12.6 Å². The van der Waals surface area contributed by atoms with Gasteiger partial charge in [-0.1, -0.05) is 102 Å². The van der Waals surface area contributed by atoms with Crippen LogP contribution < -0.4 is 9.62 Å². The molecular weight excluding hydrogens is 629 g/mol. The van der Waals surface area contributed by atoms with Gasteiger partial charge in [-0.15, -0.1) is 0 Å². The molecule has 2 atom stereocenters. The van der Waals surface area contributed by atoms with Crippen molar-refractivity contribution in [2.75, 3.05) is 10.8 Å². The lowest BCUT2D eigenvalue weighted by atomic mass is 10.0. The molecule has 45 heavy (non-hydrogen) atoms. The lowest BCUT2D eigenvalue weighted by Crippen LogP contribution is -2.54. The number of carbonyl (C=O) groups excluding carboxylic acids is 2. The first-order valence-electron chi connectivity index (χ1n) is 14.7. The average molecular weight is 667 g/mol. The summed E-state index contributed by atoms with van der Waals surface area (Å²) < 4.78 is 29.3. The quantitative estimate of drug-likeness (QED) is 0.166. The second-order valence-corrected chi connectivity index (χ2v) is 13.6. The first-order valence-corrected chi connectivity index (χ1v) is 16.9. The number of amides is 2. The van der Waals surface area contributed by atoms with E-state index >= 15 is 0 Å². The fourth-order valence-corrected chi connectivity index (χ4v) is 6.59. The summed E-state index contributed by atoms with van der Waals surface area (Å²) in [6, 6.07) is 28.1. The Balaban J connectivity index is 1.82. The zero-order valence-corrected chi connectivity index (χ0v) is 27.8. The van der Waals surface area contributed by atoms with E-state index in [1.807, 2.05) is 51.1 Å². The molecule has 0 aliphatic rings. The molecule has 0 fully saturated rings. The first kappa shape index (κ1) is 34.0. The minimum atomic E-state index is -4.22. The Bertz CT molecular complexity index is 1720. The van der Waals surface area contributed by atoms with Crippen LogP contribution in [0.3, 0.4) is 0 Å². The van der Waals surface area contributed by atoms with E-state index in [1.54, 1.807) is 54.6 Å². The number of nitrogens with zero attached hydrogens (tertiary/aromatic N) is 2. The van der Waals surface area contributed by atoms with Crippen molar-refractivity contribution < 1.29 is 18.0 Å². The van der Waals surface area contributed by atoms with Gasteiger partial charge in [0.2, 0.25) is 11.8 Å². The van der Waals surface area contributed by atoms with Crippen molar-refractivity contribution in [2.24, 2.45) is 0 Å². The van der Waals surface area contributed by atoms with E-state index in [-0.39, 0.29) is 35.5 Å². The number of aryl methyl sites for hydroxylation is 1. The predicted molar refractivity (Wildman–Crippen MR) is 181 cm³/mol. The smallest absolute Gasteiger partial charge is 0.264 e. The van der Waals surface area contributed by atoms with E-state index in [2.05, 4.69) is 5.32 Å². The van der Waals surface area contributed by atoms with Gasteiger partial charge in [0.15, 0.2) is 0 Å². The molecule has 7 nitrogen and oxygen atoms in total. The summed E-state index contributed by atoms with van der Waals surface area (Å²) in [6.07, 6.45) is 0.904. The van der Waals surface area contributed by atoms with Gasteiger partial charge < -0.3 is 10.2 Å². The fourth-order valence-electron chi connectivity index (χ4n) is 4.80. The van der Waals surface area contributed by atoms with Crippen LogP contribution in [0.1, 0.15) is 37.0 Å². The lowest BCUT2D eigenvalue weighted by molar-refractivity contribution is -0.140. The zero-order valence-electron chi connectivity index (χ0n) is 25.5. The van der Waals surface area contributed by atoms with Gasteiger partial charge in [-0.05, 0) is 67.8 Å². The molecule has 2 amide bonds. The van der Waals surface area contributed by atoms with Crippen LogP contribution in [-0.4, -0.2) is 43.8 Å². The van der Waals surface area contributed by atoms with Crippen LogP contribution in [0.25, 0.3) is 0 Å².